The Hall–Kier alpha value is -2.04. The number of esters is 1. The zero-order chi connectivity index (χ0) is 21.9. The van der Waals surface area contributed by atoms with Gasteiger partial charge in [-0.2, -0.15) is 0 Å². The molecule has 0 radical (unpaired) electrons. The van der Waals surface area contributed by atoms with Crippen molar-refractivity contribution >= 4 is 41.8 Å². The van der Waals surface area contributed by atoms with Crippen LogP contribution in [-0.4, -0.2) is 69.2 Å². The Kier molecular flexibility index (Phi) is 13.1. The molecule has 0 aliphatic carbocycles. The standard InChI is InChI=1S/C21H34N4O4.HI/c1-21(2,3)29-19(27)12-14-23-20(24-15-18(26)25(4)5)22-13-11-16-7-9-17(28-6)10-8-16;/h7-10H,11-15H2,1-6H3,(H2,22,23,24);1H. The topological polar surface area (TPSA) is 92.3 Å². The maximum atomic E-state index is 11.9. The second kappa shape index (κ2) is 14.1. The number of methoxy groups -OCH3 is 1. The van der Waals surface area contributed by atoms with Gasteiger partial charge < -0.3 is 25.0 Å². The van der Waals surface area contributed by atoms with E-state index in [1.54, 1.807) is 21.2 Å². The SMILES string of the molecule is COc1ccc(CCNC(=NCC(=O)N(C)C)NCCC(=O)OC(C)(C)C)cc1.I. The molecule has 0 saturated carbocycles. The molecule has 0 saturated heterocycles. The lowest BCUT2D eigenvalue weighted by Crippen LogP contribution is -2.40. The highest BCUT2D eigenvalue weighted by molar-refractivity contribution is 14.0. The van der Waals surface area contributed by atoms with Crippen molar-refractivity contribution in [3.8, 4) is 5.75 Å². The van der Waals surface area contributed by atoms with Crippen LogP contribution in [0.5, 0.6) is 5.75 Å². The van der Waals surface area contributed by atoms with Crippen LogP contribution in [0.1, 0.15) is 32.8 Å². The first-order valence-corrected chi connectivity index (χ1v) is 9.68. The van der Waals surface area contributed by atoms with Crippen molar-refractivity contribution in [2.45, 2.75) is 39.2 Å². The van der Waals surface area contributed by atoms with E-state index in [4.69, 9.17) is 9.47 Å². The van der Waals surface area contributed by atoms with Crippen LogP contribution in [0.15, 0.2) is 29.3 Å². The number of nitrogens with one attached hydrogen (secondary N) is 2. The monoisotopic (exact) mass is 534 g/mol. The summed E-state index contributed by atoms with van der Waals surface area (Å²) < 4.78 is 10.5. The van der Waals surface area contributed by atoms with Crippen LogP contribution in [0.25, 0.3) is 0 Å². The second-order valence-corrected chi connectivity index (χ2v) is 7.74. The van der Waals surface area contributed by atoms with E-state index in [1.165, 1.54) is 4.90 Å². The zero-order valence-corrected chi connectivity index (χ0v) is 21.1. The van der Waals surface area contributed by atoms with Crippen molar-refractivity contribution in [1.82, 2.24) is 15.5 Å². The first-order chi connectivity index (χ1) is 13.6. The Bertz CT molecular complexity index is 685. The highest BCUT2D eigenvalue weighted by atomic mass is 127. The third kappa shape index (κ3) is 12.5. The third-order valence-electron chi connectivity index (χ3n) is 3.78. The normalized spacial score (nSPS) is 11.2. The maximum absolute atomic E-state index is 11.9. The molecule has 30 heavy (non-hydrogen) atoms. The molecule has 0 aliphatic rings. The smallest absolute Gasteiger partial charge is 0.308 e. The lowest BCUT2D eigenvalue weighted by molar-refractivity contribution is -0.154. The molecule has 0 heterocycles. The van der Waals surface area contributed by atoms with Crippen molar-refractivity contribution in [2.75, 3.05) is 40.8 Å². The van der Waals surface area contributed by atoms with Gasteiger partial charge in [0.2, 0.25) is 5.91 Å². The van der Waals surface area contributed by atoms with Crippen molar-refractivity contribution in [3.05, 3.63) is 29.8 Å². The van der Waals surface area contributed by atoms with Gasteiger partial charge in [-0.3, -0.25) is 9.59 Å². The van der Waals surface area contributed by atoms with E-state index < -0.39 is 5.60 Å². The number of hydrogen-bond acceptors (Lipinski definition) is 5. The number of aliphatic imine (C=N–C) groups is 1. The quantitative estimate of drug-likeness (QED) is 0.219. The number of hydrogen-bond donors (Lipinski definition) is 2. The Balaban J connectivity index is 0.00000841. The van der Waals surface area contributed by atoms with E-state index in [-0.39, 0.29) is 48.8 Å². The predicted octanol–water partition coefficient (Wildman–Crippen LogP) is 2.21. The van der Waals surface area contributed by atoms with E-state index in [0.717, 1.165) is 17.7 Å². The summed E-state index contributed by atoms with van der Waals surface area (Å²) in [6, 6.07) is 7.84. The lowest BCUT2D eigenvalue weighted by Gasteiger charge is -2.20. The average Bonchev–Trinajstić information content (AvgIpc) is 2.64. The molecule has 0 aromatic heterocycles. The van der Waals surface area contributed by atoms with Crippen molar-refractivity contribution in [1.29, 1.82) is 0 Å². The molecule has 1 amide bonds. The number of nitrogens with zero attached hydrogens (tertiary/aromatic N) is 2. The summed E-state index contributed by atoms with van der Waals surface area (Å²) in [5, 5.41) is 6.28. The number of carbonyl (C=O) groups is 2. The molecule has 0 fully saturated rings. The Morgan fingerprint density at radius 2 is 1.67 bits per heavy atom. The van der Waals surface area contributed by atoms with Crippen molar-refractivity contribution in [3.63, 3.8) is 0 Å². The number of benzene rings is 1. The summed E-state index contributed by atoms with van der Waals surface area (Å²) in [5.74, 6) is 0.910. The minimum absolute atomic E-state index is 0. The van der Waals surface area contributed by atoms with Crippen molar-refractivity contribution < 1.29 is 19.1 Å². The molecule has 0 spiro atoms. The molecule has 170 valence electrons. The summed E-state index contributed by atoms with van der Waals surface area (Å²) in [6.07, 6.45) is 0.983. The summed E-state index contributed by atoms with van der Waals surface area (Å²) in [4.78, 5) is 29.5. The fourth-order valence-electron chi connectivity index (χ4n) is 2.26. The summed E-state index contributed by atoms with van der Waals surface area (Å²) >= 11 is 0. The molecule has 1 aromatic carbocycles. The summed E-state index contributed by atoms with van der Waals surface area (Å²) in [5.41, 5.74) is 0.638. The first kappa shape index (κ1) is 28.0. The van der Waals surface area contributed by atoms with Crippen LogP contribution in [0.3, 0.4) is 0 Å². The van der Waals surface area contributed by atoms with Crippen LogP contribution in [-0.2, 0) is 20.7 Å². The second-order valence-electron chi connectivity index (χ2n) is 7.74. The Morgan fingerprint density at radius 3 is 2.20 bits per heavy atom. The van der Waals surface area contributed by atoms with E-state index in [0.29, 0.717) is 19.0 Å². The average molecular weight is 534 g/mol. The first-order valence-electron chi connectivity index (χ1n) is 9.68. The largest absolute Gasteiger partial charge is 0.497 e. The molecular weight excluding hydrogens is 499 g/mol. The highest BCUT2D eigenvalue weighted by Crippen LogP contribution is 2.11. The summed E-state index contributed by atoms with van der Waals surface area (Å²) in [7, 11) is 5.01. The highest BCUT2D eigenvalue weighted by Gasteiger charge is 2.16. The number of guanidine groups is 1. The van der Waals surface area contributed by atoms with Crippen LogP contribution in [0.2, 0.25) is 0 Å². The van der Waals surface area contributed by atoms with Crippen LogP contribution in [0, 0.1) is 0 Å². The van der Waals surface area contributed by atoms with Gasteiger partial charge in [-0.15, -0.1) is 24.0 Å². The van der Waals surface area contributed by atoms with Gasteiger partial charge in [-0.05, 0) is 44.9 Å². The molecular formula is C21H35IN4O4. The number of carbonyl (C=O) groups excluding carboxylic acids is 2. The predicted molar refractivity (Wildman–Crippen MR) is 130 cm³/mol. The van der Waals surface area contributed by atoms with Gasteiger partial charge in [-0.1, -0.05) is 12.1 Å². The maximum Gasteiger partial charge on any atom is 0.308 e. The van der Waals surface area contributed by atoms with Gasteiger partial charge in [0.05, 0.1) is 13.5 Å². The van der Waals surface area contributed by atoms with Gasteiger partial charge in [-0.25, -0.2) is 4.99 Å². The molecule has 2 N–H and O–H groups in total. The Labute approximate surface area is 196 Å². The molecule has 1 rings (SSSR count). The number of rotatable bonds is 9. The zero-order valence-electron chi connectivity index (χ0n) is 18.8. The number of ether oxygens (including phenoxy) is 2. The van der Waals surface area contributed by atoms with Crippen molar-refractivity contribution in [2.24, 2.45) is 4.99 Å². The van der Waals surface area contributed by atoms with E-state index >= 15 is 0 Å². The fourth-order valence-corrected chi connectivity index (χ4v) is 2.26. The van der Waals surface area contributed by atoms with E-state index in [1.807, 2.05) is 45.0 Å². The Morgan fingerprint density at radius 1 is 1.07 bits per heavy atom. The molecule has 0 aliphatic heterocycles. The minimum atomic E-state index is -0.511. The van der Waals surface area contributed by atoms with Gasteiger partial charge in [0, 0.05) is 27.2 Å². The van der Waals surface area contributed by atoms with Crippen LogP contribution < -0.4 is 15.4 Å². The molecule has 8 nitrogen and oxygen atoms in total. The molecule has 0 unspecified atom stereocenters. The third-order valence-corrected chi connectivity index (χ3v) is 3.78. The van der Waals surface area contributed by atoms with Gasteiger partial charge >= 0.3 is 5.97 Å². The molecule has 9 heteroatoms. The number of halogens is 1. The molecule has 1 aromatic rings. The lowest BCUT2D eigenvalue weighted by atomic mass is 10.1. The summed E-state index contributed by atoms with van der Waals surface area (Å²) in [6.45, 7) is 6.51. The van der Waals surface area contributed by atoms with Gasteiger partial charge in [0.25, 0.3) is 0 Å². The number of likely N-dealkylation sites (N-methyl/N-ethyl adjacent to an activating group) is 1. The molecule has 0 bridgehead atoms. The van der Waals surface area contributed by atoms with E-state index in [9.17, 15) is 9.59 Å². The van der Waals surface area contributed by atoms with Crippen LogP contribution >= 0.6 is 24.0 Å². The van der Waals surface area contributed by atoms with Gasteiger partial charge in [0.1, 0.15) is 17.9 Å². The van der Waals surface area contributed by atoms with Crippen LogP contribution in [0.4, 0.5) is 0 Å². The molecule has 0 atom stereocenters. The van der Waals surface area contributed by atoms with Gasteiger partial charge in [0.15, 0.2) is 5.96 Å². The fraction of sp³-hybridized carbons (Fsp3) is 0.571. The minimum Gasteiger partial charge on any atom is -0.497 e. The number of amides is 1. The van der Waals surface area contributed by atoms with E-state index in [2.05, 4.69) is 15.6 Å².